The van der Waals surface area contributed by atoms with Crippen molar-refractivity contribution < 1.29 is 28.7 Å². The number of rotatable bonds is 6. The van der Waals surface area contributed by atoms with Crippen LogP contribution in [-0.2, 0) is 9.53 Å². The van der Waals surface area contributed by atoms with Crippen LogP contribution in [0.4, 0.5) is 5.69 Å². The lowest BCUT2D eigenvalue weighted by atomic mass is 10.1. The first-order valence-corrected chi connectivity index (χ1v) is 8.74. The molecule has 1 atom stereocenters. The Morgan fingerprint density at radius 2 is 1.59 bits per heavy atom. The highest BCUT2D eigenvalue weighted by atomic mass is 16.6. The summed E-state index contributed by atoms with van der Waals surface area (Å²) in [6.45, 7) is 9.42. The van der Waals surface area contributed by atoms with Gasteiger partial charge in [0.15, 0.2) is 17.6 Å². The third-order valence-electron chi connectivity index (χ3n) is 4.08. The molecule has 2 rings (SSSR count). The van der Waals surface area contributed by atoms with Gasteiger partial charge in [0.05, 0.1) is 11.0 Å². The number of nitrogens with zero attached hydrogens (tertiary/aromatic N) is 2. The Hall–Kier alpha value is -2.84. The molecule has 0 fully saturated rings. The second kappa shape index (κ2) is 8.24. The van der Waals surface area contributed by atoms with Crippen LogP contribution in [0.3, 0.4) is 0 Å². The van der Waals surface area contributed by atoms with E-state index in [1.165, 1.54) is 13.0 Å². The molecule has 1 aromatic rings. The number of fused-ring (bicyclic) bond motifs is 1. The summed E-state index contributed by atoms with van der Waals surface area (Å²) in [4.78, 5) is 37.4. The number of nitro benzene ring substituents is 1. The maximum absolute atomic E-state index is 12.6. The van der Waals surface area contributed by atoms with E-state index in [9.17, 15) is 19.7 Å². The number of carbonyl (C=O) groups is 2. The van der Waals surface area contributed by atoms with Crippen LogP contribution in [-0.4, -0.2) is 53.1 Å². The molecule has 0 saturated heterocycles. The van der Waals surface area contributed by atoms with Crippen molar-refractivity contribution in [2.75, 3.05) is 13.2 Å². The molecule has 27 heavy (non-hydrogen) atoms. The lowest BCUT2D eigenvalue weighted by molar-refractivity contribution is -0.385. The van der Waals surface area contributed by atoms with E-state index in [4.69, 9.17) is 14.2 Å². The number of ether oxygens (including phenoxy) is 3. The van der Waals surface area contributed by atoms with Gasteiger partial charge in [-0.1, -0.05) is 0 Å². The van der Waals surface area contributed by atoms with Crippen molar-refractivity contribution in [2.45, 2.75) is 52.8 Å². The lowest BCUT2D eigenvalue weighted by Gasteiger charge is -2.32. The SMILES string of the molecule is CC(C)N(C(=O)[C@@H](C)OC(=O)c1cc2c(cc1[N+](=O)[O-])OCCO2)C(C)C. The molecule has 0 radical (unpaired) electrons. The molecule has 0 spiro atoms. The van der Waals surface area contributed by atoms with Crippen LogP contribution in [0.2, 0.25) is 0 Å². The molecule has 0 saturated carbocycles. The van der Waals surface area contributed by atoms with Crippen LogP contribution in [0.25, 0.3) is 0 Å². The van der Waals surface area contributed by atoms with Gasteiger partial charge in [-0.25, -0.2) is 4.79 Å². The van der Waals surface area contributed by atoms with E-state index in [0.29, 0.717) is 0 Å². The summed E-state index contributed by atoms with van der Waals surface area (Å²) in [6, 6.07) is 2.19. The molecule has 0 unspecified atom stereocenters. The van der Waals surface area contributed by atoms with Crippen molar-refractivity contribution in [3.05, 3.63) is 27.8 Å². The van der Waals surface area contributed by atoms with E-state index >= 15 is 0 Å². The molecule has 0 aromatic heterocycles. The van der Waals surface area contributed by atoms with Gasteiger partial charge in [-0.2, -0.15) is 0 Å². The monoisotopic (exact) mass is 380 g/mol. The Morgan fingerprint density at radius 1 is 1.07 bits per heavy atom. The topological polar surface area (TPSA) is 108 Å². The van der Waals surface area contributed by atoms with Gasteiger partial charge < -0.3 is 19.1 Å². The van der Waals surface area contributed by atoms with E-state index in [-0.39, 0.29) is 48.3 Å². The Bertz CT molecular complexity index is 737. The van der Waals surface area contributed by atoms with Crippen LogP contribution in [0.5, 0.6) is 11.5 Å². The molecule has 0 N–H and O–H groups in total. The van der Waals surface area contributed by atoms with Crippen LogP contribution in [0, 0.1) is 10.1 Å². The van der Waals surface area contributed by atoms with Gasteiger partial charge in [-0.3, -0.25) is 14.9 Å². The second-order valence-electron chi connectivity index (χ2n) is 6.75. The van der Waals surface area contributed by atoms with Crippen molar-refractivity contribution in [3.63, 3.8) is 0 Å². The van der Waals surface area contributed by atoms with Crippen molar-refractivity contribution in [3.8, 4) is 11.5 Å². The Kier molecular flexibility index (Phi) is 6.24. The van der Waals surface area contributed by atoms with Gasteiger partial charge >= 0.3 is 5.97 Å². The van der Waals surface area contributed by atoms with Gasteiger partial charge in [-0.05, 0) is 34.6 Å². The number of nitro groups is 1. The minimum Gasteiger partial charge on any atom is -0.486 e. The lowest BCUT2D eigenvalue weighted by Crippen LogP contribution is -2.47. The number of carbonyl (C=O) groups excluding carboxylic acids is 2. The van der Waals surface area contributed by atoms with Gasteiger partial charge in [0, 0.05) is 18.2 Å². The first-order valence-electron chi connectivity index (χ1n) is 8.74. The van der Waals surface area contributed by atoms with Gasteiger partial charge in [0.1, 0.15) is 18.8 Å². The van der Waals surface area contributed by atoms with E-state index in [0.717, 1.165) is 6.07 Å². The molecule has 0 bridgehead atoms. The highest BCUT2D eigenvalue weighted by Gasteiger charge is 2.32. The van der Waals surface area contributed by atoms with Crippen LogP contribution in [0.1, 0.15) is 45.0 Å². The molecular formula is C18H24N2O7. The van der Waals surface area contributed by atoms with E-state index in [2.05, 4.69) is 0 Å². The van der Waals surface area contributed by atoms with Crippen molar-refractivity contribution >= 4 is 17.6 Å². The number of esters is 1. The molecule has 1 amide bonds. The first kappa shape index (κ1) is 20.5. The molecule has 9 heteroatoms. The summed E-state index contributed by atoms with van der Waals surface area (Å²) in [6.07, 6.45) is -1.09. The smallest absolute Gasteiger partial charge is 0.346 e. The zero-order valence-corrected chi connectivity index (χ0v) is 16.1. The normalized spacial score (nSPS) is 14.0. The summed E-state index contributed by atoms with van der Waals surface area (Å²) < 4.78 is 15.9. The summed E-state index contributed by atoms with van der Waals surface area (Å²) >= 11 is 0. The number of hydrogen-bond donors (Lipinski definition) is 0. The van der Waals surface area contributed by atoms with Crippen molar-refractivity contribution in [1.82, 2.24) is 4.90 Å². The van der Waals surface area contributed by atoms with Gasteiger partial charge in [-0.15, -0.1) is 0 Å². The van der Waals surface area contributed by atoms with Crippen molar-refractivity contribution in [2.24, 2.45) is 0 Å². The zero-order valence-electron chi connectivity index (χ0n) is 16.1. The van der Waals surface area contributed by atoms with Gasteiger partial charge in [0.2, 0.25) is 0 Å². The predicted octanol–water partition coefficient (Wildman–Crippen LogP) is 2.56. The third-order valence-corrected chi connectivity index (χ3v) is 4.08. The predicted molar refractivity (Wildman–Crippen MR) is 96.1 cm³/mol. The zero-order chi connectivity index (χ0) is 20.3. The Labute approximate surface area is 157 Å². The molecule has 1 aliphatic rings. The average Bonchev–Trinajstić information content (AvgIpc) is 2.59. The molecular weight excluding hydrogens is 356 g/mol. The highest BCUT2D eigenvalue weighted by Crippen LogP contribution is 2.37. The minimum absolute atomic E-state index is 0.0812. The average molecular weight is 380 g/mol. The fraction of sp³-hybridized carbons (Fsp3) is 0.556. The molecule has 9 nitrogen and oxygen atoms in total. The standard InChI is InChI=1S/C18H24N2O7/c1-10(2)19(11(3)4)17(21)12(5)27-18(22)13-8-15-16(26-7-6-25-15)9-14(13)20(23)24/h8-12H,6-7H2,1-5H3/t12-/m1/s1. The second-order valence-corrected chi connectivity index (χ2v) is 6.75. The summed E-state index contributed by atoms with van der Waals surface area (Å²) in [5.74, 6) is -0.913. The summed E-state index contributed by atoms with van der Waals surface area (Å²) in [5.41, 5.74) is -0.752. The summed E-state index contributed by atoms with van der Waals surface area (Å²) in [5, 5.41) is 11.3. The maximum Gasteiger partial charge on any atom is 0.346 e. The quantitative estimate of drug-likeness (QED) is 0.424. The fourth-order valence-corrected chi connectivity index (χ4v) is 2.98. The van der Waals surface area contributed by atoms with Crippen LogP contribution < -0.4 is 9.47 Å². The Balaban J connectivity index is 2.27. The highest BCUT2D eigenvalue weighted by molar-refractivity contribution is 5.96. The summed E-state index contributed by atoms with van der Waals surface area (Å²) in [7, 11) is 0. The number of benzene rings is 1. The largest absolute Gasteiger partial charge is 0.486 e. The van der Waals surface area contributed by atoms with E-state index in [1.54, 1.807) is 4.90 Å². The maximum atomic E-state index is 12.6. The van der Waals surface area contributed by atoms with E-state index in [1.807, 2.05) is 27.7 Å². The Morgan fingerprint density at radius 3 is 2.07 bits per heavy atom. The molecule has 1 aliphatic heterocycles. The van der Waals surface area contributed by atoms with E-state index < -0.39 is 22.7 Å². The number of amides is 1. The molecule has 1 aromatic carbocycles. The molecule has 148 valence electrons. The molecule has 1 heterocycles. The van der Waals surface area contributed by atoms with Crippen molar-refractivity contribution in [1.29, 1.82) is 0 Å². The first-order chi connectivity index (χ1) is 12.6. The van der Waals surface area contributed by atoms with Crippen LogP contribution in [0.15, 0.2) is 12.1 Å². The van der Waals surface area contributed by atoms with Gasteiger partial charge in [0.25, 0.3) is 11.6 Å². The third kappa shape index (κ3) is 4.47. The minimum atomic E-state index is -1.09. The fourth-order valence-electron chi connectivity index (χ4n) is 2.98. The molecule has 0 aliphatic carbocycles. The number of hydrogen-bond acceptors (Lipinski definition) is 7. The van der Waals surface area contributed by atoms with Crippen LogP contribution >= 0.6 is 0 Å².